The van der Waals surface area contributed by atoms with Crippen molar-refractivity contribution in [2.75, 3.05) is 18.0 Å². The van der Waals surface area contributed by atoms with Crippen LogP contribution in [0.1, 0.15) is 18.1 Å². The lowest BCUT2D eigenvalue weighted by Gasteiger charge is -2.36. The average molecular weight is 308 g/mol. The van der Waals surface area contributed by atoms with Crippen LogP contribution in [0.5, 0.6) is 0 Å². The average Bonchev–Trinajstić information content (AvgIpc) is 2.90. The predicted octanol–water partition coefficient (Wildman–Crippen LogP) is 2.22. The van der Waals surface area contributed by atoms with Gasteiger partial charge in [0.05, 0.1) is 18.2 Å². The van der Waals surface area contributed by atoms with E-state index in [0.29, 0.717) is 13.1 Å². The fraction of sp³-hybridized carbons (Fsp3) is 0.333. The van der Waals surface area contributed by atoms with Gasteiger partial charge in [0.2, 0.25) is 5.95 Å². The number of anilines is 1. The Morgan fingerprint density at radius 2 is 1.96 bits per heavy atom. The highest BCUT2D eigenvalue weighted by atomic mass is 16.3. The summed E-state index contributed by atoms with van der Waals surface area (Å²) >= 11 is 0. The Morgan fingerprint density at radius 1 is 1.17 bits per heavy atom. The van der Waals surface area contributed by atoms with E-state index in [1.165, 1.54) is 11.1 Å². The second kappa shape index (κ2) is 5.66. The van der Waals surface area contributed by atoms with E-state index >= 15 is 0 Å². The van der Waals surface area contributed by atoms with E-state index in [0.717, 1.165) is 30.1 Å². The molecule has 1 N–H and O–H groups in total. The van der Waals surface area contributed by atoms with Crippen molar-refractivity contribution < 1.29 is 5.11 Å². The van der Waals surface area contributed by atoms with Gasteiger partial charge in [0.15, 0.2) is 5.65 Å². The summed E-state index contributed by atoms with van der Waals surface area (Å²) in [6, 6.07) is 12.6. The molecule has 1 fully saturated rings. The van der Waals surface area contributed by atoms with Crippen molar-refractivity contribution in [1.29, 1.82) is 0 Å². The van der Waals surface area contributed by atoms with Gasteiger partial charge in [-0.15, -0.1) is 0 Å². The van der Waals surface area contributed by atoms with Gasteiger partial charge in [0.25, 0.3) is 0 Å². The summed E-state index contributed by atoms with van der Waals surface area (Å²) in [6.07, 6.45) is 2.60. The zero-order valence-corrected chi connectivity index (χ0v) is 13.2. The lowest BCUT2D eigenvalue weighted by Crippen LogP contribution is -2.51. The number of pyridine rings is 1. The number of rotatable bonds is 4. The highest BCUT2D eigenvalue weighted by Gasteiger charge is 2.29. The highest BCUT2D eigenvalue weighted by Crippen LogP contribution is 2.27. The van der Waals surface area contributed by atoms with Crippen LogP contribution in [-0.4, -0.2) is 38.8 Å². The van der Waals surface area contributed by atoms with Gasteiger partial charge >= 0.3 is 0 Å². The van der Waals surface area contributed by atoms with E-state index in [-0.39, 0.29) is 6.10 Å². The first-order valence-corrected chi connectivity index (χ1v) is 8.06. The second-order valence-electron chi connectivity index (χ2n) is 6.08. The molecule has 3 heterocycles. The molecule has 1 saturated heterocycles. The Kier molecular flexibility index (Phi) is 3.50. The van der Waals surface area contributed by atoms with E-state index in [9.17, 15) is 5.11 Å². The number of aliphatic hydroxyl groups excluding tert-OH is 1. The largest absolute Gasteiger partial charge is 0.389 e. The third-order valence-corrected chi connectivity index (χ3v) is 4.38. The molecule has 0 unspecified atom stereocenters. The first-order chi connectivity index (χ1) is 11.2. The number of aryl methyl sites for hydroxylation is 1. The van der Waals surface area contributed by atoms with E-state index < -0.39 is 0 Å². The lowest BCUT2D eigenvalue weighted by molar-refractivity contribution is 0.140. The monoisotopic (exact) mass is 308 g/mol. The maximum absolute atomic E-state index is 9.62. The quantitative estimate of drug-likeness (QED) is 0.803. The number of aliphatic hydroxyl groups is 1. The summed E-state index contributed by atoms with van der Waals surface area (Å²) in [6.45, 7) is 4.17. The smallest absolute Gasteiger partial charge is 0.208 e. The Balaban J connectivity index is 1.81. The SMILES string of the molecule is CCc1cnc2nc(N3CC(O)C3)n(Cc3ccccc3)c2c1. The predicted molar refractivity (Wildman–Crippen MR) is 90.7 cm³/mol. The molecule has 1 aliphatic heterocycles. The van der Waals surface area contributed by atoms with Gasteiger partial charge < -0.3 is 14.6 Å². The van der Waals surface area contributed by atoms with Crippen molar-refractivity contribution in [3.8, 4) is 0 Å². The first kappa shape index (κ1) is 14.2. The van der Waals surface area contributed by atoms with Crippen LogP contribution in [0.25, 0.3) is 11.2 Å². The van der Waals surface area contributed by atoms with Gasteiger partial charge in [-0.1, -0.05) is 37.3 Å². The van der Waals surface area contributed by atoms with Crippen LogP contribution in [0.15, 0.2) is 42.6 Å². The molecule has 2 aromatic heterocycles. The van der Waals surface area contributed by atoms with Crippen LogP contribution >= 0.6 is 0 Å². The topological polar surface area (TPSA) is 54.2 Å². The Labute approximate surface area is 135 Å². The van der Waals surface area contributed by atoms with Gasteiger partial charge in [-0.25, -0.2) is 4.98 Å². The van der Waals surface area contributed by atoms with Crippen molar-refractivity contribution in [3.05, 3.63) is 53.7 Å². The van der Waals surface area contributed by atoms with Crippen LogP contribution in [-0.2, 0) is 13.0 Å². The second-order valence-corrected chi connectivity index (χ2v) is 6.08. The maximum Gasteiger partial charge on any atom is 0.208 e. The molecule has 0 bridgehead atoms. The summed E-state index contributed by atoms with van der Waals surface area (Å²) < 4.78 is 2.21. The molecular weight excluding hydrogens is 288 g/mol. The molecule has 0 amide bonds. The lowest BCUT2D eigenvalue weighted by atomic mass is 10.2. The minimum atomic E-state index is -0.251. The molecule has 5 heteroatoms. The Bertz CT molecular complexity index is 822. The van der Waals surface area contributed by atoms with E-state index in [4.69, 9.17) is 4.98 Å². The fourth-order valence-corrected chi connectivity index (χ4v) is 3.01. The molecule has 0 atom stereocenters. The van der Waals surface area contributed by atoms with Crippen molar-refractivity contribution >= 4 is 17.1 Å². The minimum absolute atomic E-state index is 0.251. The standard InChI is InChI=1S/C18H20N4O/c1-2-13-8-16-17(19-9-13)20-18(21-11-15(23)12-21)22(16)10-14-6-4-3-5-7-14/h3-9,15,23H,2,10-12H2,1H3. The molecule has 23 heavy (non-hydrogen) atoms. The van der Waals surface area contributed by atoms with Gasteiger partial charge in [0.1, 0.15) is 0 Å². The van der Waals surface area contributed by atoms with Crippen LogP contribution in [0.4, 0.5) is 5.95 Å². The van der Waals surface area contributed by atoms with Gasteiger partial charge in [-0.05, 0) is 23.6 Å². The van der Waals surface area contributed by atoms with E-state index in [1.807, 2.05) is 12.3 Å². The summed E-state index contributed by atoms with van der Waals surface area (Å²) in [7, 11) is 0. The summed E-state index contributed by atoms with van der Waals surface area (Å²) in [5.74, 6) is 0.898. The van der Waals surface area contributed by atoms with Crippen LogP contribution in [0.3, 0.4) is 0 Å². The molecule has 118 valence electrons. The Morgan fingerprint density at radius 3 is 2.65 bits per heavy atom. The van der Waals surface area contributed by atoms with Crippen LogP contribution in [0, 0.1) is 0 Å². The molecule has 4 rings (SSSR count). The number of hydrogen-bond donors (Lipinski definition) is 1. The van der Waals surface area contributed by atoms with Gasteiger partial charge in [-0.2, -0.15) is 4.98 Å². The van der Waals surface area contributed by atoms with E-state index in [1.54, 1.807) is 0 Å². The molecule has 0 aliphatic carbocycles. The molecule has 0 radical (unpaired) electrons. The Hall–Kier alpha value is -2.40. The highest BCUT2D eigenvalue weighted by molar-refractivity contribution is 5.76. The first-order valence-electron chi connectivity index (χ1n) is 8.06. The number of nitrogens with zero attached hydrogens (tertiary/aromatic N) is 4. The van der Waals surface area contributed by atoms with Crippen molar-refractivity contribution in [1.82, 2.24) is 14.5 Å². The molecular formula is C18H20N4O. The third kappa shape index (κ3) is 2.57. The van der Waals surface area contributed by atoms with Gasteiger partial charge in [0, 0.05) is 19.3 Å². The molecule has 0 spiro atoms. The fourth-order valence-electron chi connectivity index (χ4n) is 3.01. The molecule has 0 saturated carbocycles. The summed E-state index contributed by atoms with van der Waals surface area (Å²) in [5.41, 5.74) is 4.28. The number of hydrogen-bond acceptors (Lipinski definition) is 4. The number of fused-ring (bicyclic) bond motifs is 1. The number of benzene rings is 1. The molecule has 1 aromatic carbocycles. The van der Waals surface area contributed by atoms with Crippen molar-refractivity contribution in [2.24, 2.45) is 0 Å². The zero-order valence-electron chi connectivity index (χ0n) is 13.2. The van der Waals surface area contributed by atoms with Crippen LogP contribution < -0.4 is 4.90 Å². The molecule has 1 aliphatic rings. The van der Waals surface area contributed by atoms with Crippen molar-refractivity contribution in [2.45, 2.75) is 26.0 Å². The molecule has 3 aromatic rings. The third-order valence-electron chi connectivity index (χ3n) is 4.38. The van der Waals surface area contributed by atoms with Crippen LogP contribution in [0.2, 0.25) is 0 Å². The maximum atomic E-state index is 9.62. The summed E-state index contributed by atoms with van der Waals surface area (Å²) in [4.78, 5) is 11.3. The minimum Gasteiger partial charge on any atom is -0.389 e. The normalized spacial score (nSPS) is 15.1. The van der Waals surface area contributed by atoms with Gasteiger partial charge in [-0.3, -0.25) is 0 Å². The number of imidazole rings is 1. The van der Waals surface area contributed by atoms with E-state index in [2.05, 4.69) is 51.7 Å². The number of aromatic nitrogens is 3. The number of β-amino-alcohol motifs (C(OH)–C–C–N with tert-alkyl or cyclic N) is 1. The zero-order chi connectivity index (χ0) is 15.8. The molecule has 5 nitrogen and oxygen atoms in total. The van der Waals surface area contributed by atoms with Crippen molar-refractivity contribution in [3.63, 3.8) is 0 Å². The summed E-state index contributed by atoms with van der Waals surface area (Å²) in [5, 5.41) is 9.62.